The van der Waals surface area contributed by atoms with Crippen molar-refractivity contribution in [3.63, 3.8) is 0 Å². The van der Waals surface area contributed by atoms with Crippen LogP contribution in [0, 0.1) is 0 Å². The van der Waals surface area contributed by atoms with E-state index in [1.807, 2.05) is 0 Å². The highest BCUT2D eigenvalue weighted by atomic mass is 32.2. The molecule has 47 heavy (non-hydrogen) atoms. The Morgan fingerprint density at radius 2 is 1.53 bits per heavy atom. The van der Waals surface area contributed by atoms with E-state index < -0.39 is 57.3 Å². The Balaban J connectivity index is 1.62. The maximum atomic E-state index is 13.1. The van der Waals surface area contributed by atoms with Crippen molar-refractivity contribution in [2.45, 2.75) is 82.9 Å². The third-order valence-corrected chi connectivity index (χ3v) is 7.79. The van der Waals surface area contributed by atoms with Gasteiger partial charge < -0.3 is 24.8 Å². The van der Waals surface area contributed by atoms with Crippen molar-refractivity contribution < 1.29 is 37.0 Å². The number of hydrogen-bond donors (Lipinski definition) is 3. The Labute approximate surface area is 275 Å². The van der Waals surface area contributed by atoms with Gasteiger partial charge in [0.25, 0.3) is 11.5 Å². The molecule has 3 N–H and O–H groups in total. The van der Waals surface area contributed by atoms with Crippen molar-refractivity contribution in [1.82, 2.24) is 19.8 Å². The first kappa shape index (κ1) is 37.0. The van der Waals surface area contributed by atoms with Gasteiger partial charge in [-0.25, -0.2) is 13.2 Å². The molecule has 3 rings (SSSR count). The molecule has 3 aromatic rings. The van der Waals surface area contributed by atoms with Crippen LogP contribution in [0.5, 0.6) is 5.75 Å². The molecule has 0 aliphatic heterocycles. The van der Waals surface area contributed by atoms with E-state index in [1.54, 1.807) is 71.9 Å². The number of amides is 2. The molecule has 0 radical (unpaired) electrons. The Hall–Kier alpha value is -4.43. The number of alkyl carbamates (subject to hydrolysis) is 1. The summed E-state index contributed by atoms with van der Waals surface area (Å²) in [4.78, 5) is 50.5. The largest absolute Gasteiger partial charge is 0.493 e. The lowest BCUT2D eigenvalue weighted by Gasteiger charge is -2.24. The van der Waals surface area contributed by atoms with E-state index in [0.29, 0.717) is 24.4 Å². The highest BCUT2D eigenvalue weighted by Crippen LogP contribution is 2.16. The molecule has 256 valence electrons. The summed E-state index contributed by atoms with van der Waals surface area (Å²) in [6.07, 6.45) is 3.36. The zero-order chi connectivity index (χ0) is 34.8. The summed E-state index contributed by atoms with van der Waals surface area (Å²) in [6, 6.07) is 11.9. The first-order valence-corrected chi connectivity index (χ1v) is 16.8. The number of unbranched alkanes of at least 4 members (excludes halogenated alkanes) is 2. The predicted molar refractivity (Wildman–Crippen MR) is 176 cm³/mol. The van der Waals surface area contributed by atoms with E-state index in [2.05, 4.69) is 15.4 Å². The molecule has 0 aliphatic carbocycles. The molecule has 1 atom stereocenters. The molecule has 0 saturated carbocycles. The number of hydrogen-bond acceptors (Lipinski definition) is 9. The number of carbonyl (C=O) groups excluding carboxylic acids is 3. The number of esters is 1. The van der Waals surface area contributed by atoms with Gasteiger partial charge in [0.15, 0.2) is 0 Å². The fourth-order valence-electron chi connectivity index (χ4n) is 4.23. The lowest BCUT2D eigenvalue weighted by atomic mass is 10.2. The lowest BCUT2D eigenvalue weighted by Crippen LogP contribution is -2.50. The van der Waals surface area contributed by atoms with Gasteiger partial charge in [-0.2, -0.15) is 4.72 Å². The molecule has 2 aromatic heterocycles. The number of rotatable bonds is 14. The topological polar surface area (TPSA) is 171 Å². The Kier molecular flexibility index (Phi) is 12.5. The molecular formula is C33H44N4O9S. The smallest absolute Gasteiger partial charge is 0.407 e. The molecule has 2 amide bonds. The van der Waals surface area contributed by atoms with Gasteiger partial charge >= 0.3 is 12.1 Å². The van der Waals surface area contributed by atoms with Crippen LogP contribution in [-0.2, 0) is 24.3 Å². The molecule has 1 aromatic carbocycles. The van der Waals surface area contributed by atoms with Crippen molar-refractivity contribution in [3.8, 4) is 5.75 Å². The van der Waals surface area contributed by atoms with E-state index >= 15 is 0 Å². The third-order valence-electron chi connectivity index (χ3n) is 6.31. The van der Waals surface area contributed by atoms with Crippen LogP contribution in [0.1, 0.15) is 71.2 Å². The molecule has 13 nitrogen and oxygen atoms in total. The fourth-order valence-corrected chi connectivity index (χ4v) is 5.44. The number of fused-ring (bicyclic) bond motifs is 1. The number of benzene rings is 1. The summed E-state index contributed by atoms with van der Waals surface area (Å²) < 4.78 is 46.0. The Morgan fingerprint density at radius 3 is 2.19 bits per heavy atom. The van der Waals surface area contributed by atoms with Gasteiger partial charge in [-0.1, -0.05) is 18.2 Å². The molecule has 0 bridgehead atoms. The SMILES string of the molecule is CC(C)(C)OC(=O)NCCCCCOc1ccn2c(=O)cc(C(=O)NCC(NS(=O)(=O)c3ccccc3)C(=O)OC(C)(C)C)cc2c1. The van der Waals surface area contributed by atoms with Crippen molar-refractivity contribution in [2.75, 3.05) is 19.7 Å². The van der Waals surface area contributed by atoms with E-state index in [9.17, 15) is 27.6 Å². The van der Waals surface area contributed by atoms with Gasteiger partial charge in [0.1, 0.15) is 23.0 Å². The van der Waals surface area contributed by atoms with E-state index in [0.717, 1.165) is 25.3 Å². The number of sulfonamides is 1. The standard InChI is InChI=1S/C33H44N4O9S/c1-32(2,3)45-30(40)27(36-47(42,43)26-13-9-7-10-14-26)22-35-29(39)23-19-24-21-25(15-17-37(24)28(38)20-23)44-18-12-8-11-16-34-31(41)46-33(4,5)6/h7,9-10,13-15,17,19-21,27,36H,8,11-12,16,18,22H2,1-6H3,(H,34,41)(H,35,39). The maximum Gasteiger partial charge on any atom is 0.407 e. The van der Waals surface area contributed by atoms with Gasteiger partial charge in [-0.15, -0.1) is 0 Å². The zero-order valence-corrected chi connectivity index (χ0v) is 28.4. The van der Waals surface area contributed by atoms with Gasteiger partial charge in [-0.05, 0) is 85.1 Å². The van der Waals surface area contributed by atoms with E-state index in [1.165, 1.54) is 28.8 Å². The number of nitrogens with one attached hydrogen (secondary N) is 3. The van der Waals surface area contributed by atoms with Crippen molar-refractivity contribution in [3.05, 3.63) is 76.7 Å². The number of pyridine rings is 2. The molecule has 14 heteroatoms. The van der Waals surface area contributed by atoms with Crippen LogP contribution in [0.3, 0.4) is 0 Å². The highest BCUT2D eigenvalue weighted by molar-refractivity contribution is 7.89. The summed E-state index contributed by atoms with van der Waals surface area (Å²) in [5.74, 6) is -1.07. The zero-order valence-electron chi connectivity index (χ0n) is 27.6. The first-order chi connectivity index (χ1) is 21.9. The minimum Gasteiger partial charge on any atom is -0.493 e. The molecule has 0 spiro atoms. The second-order valence-electron chi connectivity index (χ2n) is 12.8. The third kappa shape index (κ3) is 12.4. The molecular weight excluding hydrogens is 628 g/mol. The Morgan fingerprint density at radius 1 is 0.851 bits per heavy atom. The summed E-state index contributed by atoms with van der Waals surface area (Å²) >= 11 is 0. The van der Waals surface area contributed by atoms with Crippen molar-refractivity contribution in [1.29, 1.82) is 0 Å². The van der Waals surface area contributed by atoms with Crippen LogP contribution in [-0.4, -0.2) is 67.7 Å². The second kappa shape index (κ2) is 15.9. The minimum absolute atomic E-state index is 0.0125. The summed E-state index contributed by atoms with van der Waals surface area (Å²) in [5.41, 5.74) is -1.52. The van der Waals surface area contributed by atoms with Gasteiger partial charge in [0.2, 0.25) is 10.0 Å². The van der Waals surface area contributed by atoms with Crippen molar-refractivity contribution >= 4 is 33.5 Å². The van der Waals surface area contributed by atoms with Crippen molar-refractivity contribution in [2.24, 2.45) is 0 Å². The number of aromatic nitrogens is 1. The van der Waals surface area contributed by atoms with Crippen LogP contribution < -0.4 is 25.7 Å². The molecule has 1 unspecified atom stereocenters. The van der Waals surface area contributed by atoms with Crippen LogP contribution in [0.25, 0.3) is 5.52 Å². The van der Waals surface area contributed by atoms with Crippen LogP contribution in [0.4, 0.5) is 4.79 Å². The van der Waals surface area contributed by atoms with Gasteiger partial charge in [-0.3, -0.25) is 18.8 Å². The Bertz CT molecular complexity index is 1710. The predicted octanol–water partition coefficient (Wildman–Crippen LogP) is 3.79. The number of carbonyl (C=O) groups is 3. The van der Waals surface area contributed by atoms with E-state index in [-0.39, 0.29) is 10.5 Å². The quantitative estimate of drug-likeness (QED) is 0.170. The normalized spacial score (nSPS) is 12.6. The monoisotopic (exact) mass is 672 g/mol. The molecule has 0 saturated heterocycles. The molecule has 0 fully saturated rings. The number of ether oxygens (including phenoxy) is 3. The lowest BCUT2D eigenvalue weighted by molar-refractivity contribution is -0.156. The average Bonchev–Trinajstić information content (AvgIpc) is 2.97. The minimum atomic E-state index is -4.13. The molecule has 2 heterocycles. The molecule has 0 aliphatic rings. The summed E-state index contributed by atoms with van der Waals surface area (Å²) in [6.45, 7) is 10.8. The number of nitrogens with zero attached hydrogens (tertiary/aromatic N) is 1. The van der Waals surface area contributed by atoms with Gasteiger partial charge in [0, 0.05) is 37.0 Å². The highest BCUT2D eigenvalue weighted by Gasteiger charge is 2.30. The van der Waals surface area contributed by atoms with E-state index in [4.69, 9.17) is 14.2 Å². The maximum absolute atomic E-state index is 13.1. The second-order valence-corrected chi connectivity index (χ2v) is 14.5. The average molecular weight is 673 g/mol. The van der Waals surface area contributed by atoms with Crippen LogP contribution in [0.15, 0.2) is 70.5 Å². The van der Waals surface area contributed by atoms with Crippen LogP contribution >= 0.6 is 0 Å². The van der Waals surface area contributed by atoms with Crippen LogP contribution in [0.2, 0.25) is 0 Å². The summed E-state index contributed by atoms with van der Waals surface area (Å²) in [5, 5.41) is 5.26. The first-order valence-electron chi connectivity index (χ1n) is 15.3. The van der Waals surface area contributed by atoms with Gasteiger partial charge in [0.05, 0.1) is 17.0 Å². The summed E-state index contributed by atoms with van der Waals surface area (Å²) in [7, 11) is -4.13. The fraction of sp³-hybridized carbons (Fsp3) is 0.455.